The van der Waals surface area contributed by atoms with Gasteiger partial charge in [-0.2, -0.15) is 0 Å². The molecule has 15 nitrogen and oxygen atoms in total. The van der Waals surface area contributed by atoms with Crippen LogP contribution in [0.2, 0.25) is 0 Å². The Kier molecular flexibility index (Phi) is 7.93. The van der Waals surface area contributed by atoms with Crippen LogP contribution in [0.4, 0.5) is 0 Å². The molecule has 0 saturated heterocycles. The molecule has 3 aliphatic rings. The minimum atomic E-state index is -1.74. The standard InChI is InChI=1S/C39H32O15/c40-19-4-1-14(7-23(19)44)17-11-30(50)52-29-13-27(48)33-34(35(51)37(54-39(33)31(17)29)16-3-6-21(42)25(46)9-16)32-26(47)12-22(43)18-10-28(49)36(53-38(18)32)15-2-5-20(41)24(45)8-15/h1-9,12-13,17,28,34-37,40-49,51H,10-11H2/t17-,28+,34-,35+,36+,37+/m0/s1. The third-order valence-corrected chi connectivity index (χ3v) is 10.2. The minimum Gasteiger partial charge on any atom is -0.507 e. The van der Waals surface area contributed by atoms with Crippen LogP contribution >= 0.6 is 0 Å². The molecule has 0 radical (unpaired) electrons. The van der Waals surface area contributed by atoms with Crippen molar-refractivity contribution in [2.24, 2.45) is 0 Å². The van der Waals surface area contributed by atoms with Crippen LogP contribution in [0.25, 0.3) is 0 Å². The van der Waals surface area contributed by atoms with Gasteiger partial charge in [-0.25, -0.2) is 0 Å². The van der Waals surface area contributed by atoms with Crippen molar-refractivity contribution in [3.63, 3.8) is 0 Å². The van der Waals surface area contributed by atoms with Crippen LogP contribution in [0.3, 0.4) is 0 Å². The number of carbonyl (C=O) groups excluding carboxylic acids is 1. The molecule has 278 valence electrons. The van der Waals surface area contributed by atoms with Crippen molar-refractivity contribution in [2.45, 2.75) is 49.1 Å². The second-order valence-electron chi connectivity index (χ2n) is 13.5. The van der Waals surface area contributed by atoms with Crippen LogP contribution < -0.4 is 14.2 Å². The molecule has 11 N–H and O–H groups in total. The number of ether oxygens (including phenoxy) is 3. The number of fused-ring (bicyclic) bond motifs is 4. The molecule has 0 aromatic heterocycles. The topological polar surface area (TPSA) is 267 Å². The summed E-state index contributed by atoms with van der Waals surface area (Å²) in [6.07, 6.45) is -6.28. The lowest BCUT2D eigenvalue weighted by Crippen LogP contribution is -2.37. The number of hydrogen-bond acceptors (Lipinski definition) is 15. The van der Waals surface area contributed by atoms with Gasteiger partial charge in [-0.3, -0.25) is 4.79 Å². The van der Waals surface area contributed by atoms with E-state index < -0.39 is 94.0 Å². The largest absolute Gasteiger partial charge is 0.507 e. The summed E-state index contributed by atoms with van der Waals surface area (Å²) in [5.41, 5.74) is 0.580. The number of esters is 1. The van der Waals surface area contributed by atoms with Gasteiger partial charge in [-0.15, -0.1) is 0 Å². The highest BCUT2D eigenvalue weighted by molar-refractivity contribution is 5.81. The number of carbonyl (C=O) groups is 1. The SMILES string of the molecule is O=C1C[C@@H](c2ccc(O)c(O)c2)c2c(cc(O)c3c2O[C@H](c2ccc(O)c(O)c2)[C@H](O)[C@H]3c2c(O)cc(O)c3c2O[C@H](c2ccc(O)c(O)c2)[C@H](O)C3)O1. The van der Waals surface area contributed by atoms with E-state index >= 15 is 0 Å². The smallest absolute Gasteiger partial charge is 0.312 e. The van der Waals surface area contributed by atoms with Crippen molar-refractivity contribution in [2.75, 3.05) is 0 Å². The molecule has 0 fully saturated rings. The Morgan fingerprint density at radius 3 is 1.63 bits per heavy atom. The van der Waals surface area contributed by atoms with E-state index in [1.165, 1.54) is 42.5 Å². The summed E-state index contributed by atoms with van der Waals surface area (Å²) >= 11 is 0. The first-order chi connectivity index (χ1) is 25.7. The Hall–Kier alpha value is -6.71. The van der Waals surface area contributed by atoms with Gasteiger partial charge in [0.2, 0.25) is 0 Å². The molecule has 0 aliphatic carbocycles. The molecule has 5 aromatic rings. The maximum Gasteiger partial charge on any atom is 0.312 e. The predicted octanol–water partition coefficient (Wildman–Crippen LogP) is 4.14. The fourth-order valence-corrected chi connectivity index (χ4v) is 7.66. The predicted molar refractivity (Wildman–Crippen MR) is 184 cm³/mol. The van der Waals surface area contributed by atoms with Gasteiger partial charge in [0.1, 0.15) is 46.7 Å². The van der Waals surface area contributed by atoms with Crippen LogP contribution in [-0.2, 0) is 11.2 Å². The van der Waals surface area contributed by atoms with Gasteiger partial charge in [0.15, 0.2) is 40.6 Å². The average Bonchev–Trinajstić information content (AvgIpc) is 3.12. The van der Waals surface area contributed by atoms with Crippen molar-refractivity contribution in [3.05, 3.63) is 106 Å². The fourth-order valence-electron chi connectivity index (χ4n) is 7.66. The molecule has 54 heavy (non-hydrogen) atoms. The Labute approximate surface area is 304 Å². The molecule has 6 atom stereocenters. The summed E-state index contributed by atoms with van der Waals surface area (Å²) in [6.45, 7) is 0. The number of hydrogen-bond donors (Lipinski definition) is 11. The number of aliphatic hydroxyl groups is 2. The van der Waals surface area contributed by atoms with Crippen LogP contribution in [0.5, 0.6) is 69.0 Å². The molecule has 15 heteroatoms. The molecule has 0 amide bonds. The Morgan fingerprint density at radius 1 is 0.500 bits per heavy atom. The molecular weight excluding hydrogens is 708 g/mol. The number of phenolic OH excluding ortho intramolecular Hbond substituents is 9. The minimum absolute atomic E-state index is 0.0254. The maximum absolute atomic E-state index is 12.9. The number of rotatable bonds is 4. The van der Waals surface area contributed by atoms with Gasteiger partial charge in [0.25, 0.3) is 0 Å². The quantitative estimate of drug-likeness (QED) is 0.0702. The summed E-state index contributed by atoms with van der Waals surface area (Å²) in [5.74, 6) is -8.07. The third kappa shape index (κ3) is 5.40. The molecular formula is C39H32O15. The summed E-state index contributed by atoms with van der Waals surface area (Å²) in [7, 11) is 0. The van der Waals surface area contributed by atoms with Crippen LogP contribution in [0.1, 0.15) is 69.4 Å². The van der Waals surface area contributed by atoms with Gasteiger partial charge >= 0.3 is 5.97 Å². The first-order valence-electron chi connectivity index (χ1n) is 16.6. The second kappa shape index (κ2) is 12.5. The lowest BCUT2D eigenvalue weighted by Gasteiger charge is -2.42. The fraction of sp³-hybridized carbons (Fsp3) is 0.205. The third-order valence-electron chi connectivity index (χ3n) is 10.2. The van der Waals surface area contributed by atoms with Gasteiger partial charge in [0, 0.05) is 46.7 Å². The van der Waals surface area contributed by atoms with Crippen LogP contribution in [0.15, 0.2) is 66.7 Å². The first kappa shape index (κ1) is 34.4. The van der Waals surface area contributed by atoms with Crippen LogP contribution in [0, 0.1) is 0 Å². The van der Waals surface area contributed by atoms with Gasteiger partial charge in [-0.1, -0.05) is 18.2 Å². The van der Waals surface area contributed by atoms with E-state index in [0.717, 1.165) is 24.3 Å². The monoisotopic (exact) mass is 740 g/mol. The van der Waals surface area contributed by atoms with Crippen molar-refractivity contribution in [1.29, 1.82) is 0 Å². The first-order valence-corrected chi connectivity index (χ1v) is 16.6. The highest BCUT2D eigenvalue weighted by Crippen LogP contribution is 2.60. The normalized spacial score (nSPS) is 22.9. The summed E-state index contributed by atoms with van der Waals surface area (Å²) in [5, 5.41) is 119. The maximum atomic E-state index is 12.9. The Bertz CT molecular complexity index is 2370. The van der Waals surface area contributed by atoms with E-state index in [1.807, 2.05) is 0 Å². The molecule has 0 saturated carbocycles. The highest BCUT2D eigenvalue weighted by Gasteiger charge is 2.49. The number of aromatic hydroxyl groups is 9. The lowest BCUT2D eigenvalue weighted by atomic mass is 9.74. The van der Waals surface area contributed by atoms with E-state index in [1.54, 1.807) is 0 Å². The van der Waals surface area contributed by atoms with E-state index in [-0.39, 0.29) is 63.5 Å². The lowest BCUT2D eigenvalue weighted by molar-refractivity contribution is -0.135. The Balaban J connectivity index is 1.39. The molecule has 3 heterocycles. The summed E-state index contributed by atoms with van der Waals surface area (Å²) < 4.78 is 18.3. The molecule has 0 bridgehead atoms. The average molecular weight is 741 g/mol. The molecule has 5 aromatic carbocycles. The van der Waals surface area contributed by atoms with Crippen molar-refractivity contribution in [3.8, 4) is 69.0 Å². The van der Waals surface area contributed by atoms with Crippen molar-refractivity contribution < 1.29 is 75.2 Å². The summed E-state index contributed by atoms with van der Waals surface area (Å²) in [4.78, 5) is 12.9. The van der Waals surface area contributed by atoms with E-state index in [9.17, 15) is 61.0 Å². The van der Waals surface area contributed by atoms with E-state index in [0.29, 0.717) is 5.56 Å². The molecule has 3 aliphatic heterocycles. The highest BCUT2D eigenvalue weighted by atomic mass is 16.5. The molecule has 0 unspecified atom stereocenters. The molecule has 8 rings (SSSR count). The second-order valence-corrected chi connectivity index (χ2v) is 13.5. The van der Waals surface area contributed by atoms with Gasteiger partial charge in [-0.05, 0) is 53.1 Å². The van der Waals surface area contributed by atoms with Gasteiger partial charge in [0.05, 0.1) is 18.4 Å². The van der Waals surface area contributed by atoms with Crippen molar-refractivity contribution in [1.82, 2.24) is 0 Å². The van der Waals surface area contributed by atoms with E-state index in [4.69, 9.17) is 14.2 Å². The van der Waals surface area contributed by atoms with E-state index in [2.05, 4.69) is 0 Å². The molecule has 0 spiro atoms. The van der Waals surface area contributed by atoms with Crippen molar-refractivity contribution >= 4 is 5.97 Å². The summed E-state index contributed by atoms with van der Waals surface area (Å²) in [6, 6.07) is 13.5. The number of aliphatic hydroxyl groups excluding tert-OH is 2. The zero-order valence-electron chi connectivity index (χ0n) is 27.8. The number of benzene rings is 5. The van der Waals surface area contributed by atoms with Crippen LogP contribution in [-0.4, -0.2) is 74.3 Å². The van der Waals surface area contributed by atoms with Gasteiger partial charge < -0.3 is 70.4 Å². The zero-order valence-corrected chi connectivity index (χ0v) is 27.8. The Morgan fingerprint density at radius 2 is 1.02 bits per heavy atom. The zero-order chi connectivity index (χ0) is 38.3. The number of phenols is 9.